The third-order valence-electron chi connectivity index (χ3n) is 4.15. The molecule has 0 unspecified atom stereocenters. The summed E-state index contributed by atoms with van der Waals surface area (Å²) in [7, 11) is 0. The average molecular weight is 420 g/mol. The van der Waals surface area contributed by atoms with Gasteiger partial charge in [0.25, 0.3) is 11.8 Å². The van der Waals surface area contributed by atoms with E-state index in [1.807, 2.05) is 17.5 Å². The molecule has 2 aromatic heterocycles. The van der Waals surface area contributed by atoms with Gasteiger partial charge in [0.05, 0.1) is 23.9 Å². The number of carbonyl (C=O) groups is 3. The predicted octanol–water partition coefficient (Wildman–Crippen LogP) is 1.60. The zero-order valence-corrected chi connectivity index (χ0v) is 16.4. The molecule has 1 aromatic carbocycles. The van der Waals surface area contributed by atoms with Crippen LogP contribution in [0.3, 0.4) is 0 Å². The summed E-state index contributed by atoms with van der Waals surface area (Å²) in [6.07, 6.45) is 1.77. The Balaban J connectivity index is 1.82. The van der Waals surface area contributed by atoms with Crippen LogP contribution in [0, 0.1) is 11.3 Å². The fraction of sp³-hybridized carbons (Fsp3) is 0.100. The van der Waals surface area contributed by atoms with Crippen LogP contribution in [-0.2, 0) is 17.9 Å². The maximum Gasteiger partial charge on any atom is 0.270 e. The molecule has 0 aliphatic heterocycles. The minimum absolute atomic E-state index is 0.0141. The minimum atomic E-state index is -0.768. The Bertz CT molecular complexity index is 1120. The van der Waals surface area contributed by atoms with Gasteiger partial charge < -0.3 is 16.0 Å². The molecular weight excluding hydrogens is 404 g/mol. The van der Waals surface area contributed by atoms with Gasteiger partial charge in [-0.15, -0.1) is 11.3 Å². The van der Waals surface area contributed by atoms with Gasteiger partial charge in [0.2, 0.25) is 6.41 Å². The normalized spacial score (nSPS) is 10.1. The number of carbonyl (C=O) groups excluding carboxylic acids is 3. The first-order valence-corrected chi connectivity index (χ1v) is 9.57. The Morgan fingerprint density at radius 1 is 1.23 bits per heavy atom. The van der Waals surface area contributed by atoms with Crippen molar-refractivity contribution in [2.75, 3.05) is 4.90 Å². The monoisotopic (exact) mass is 420 g/mol. The van der Waals surface area contributed by atoms with Crippen molar-refractivity contribution < 1.29 is 14.4 Å². The Morgan fingerprint density at radius 3 is 2.70 bits per heavy atom. The lowest BCUT2D eigenvalue weighted by atomic mass is 10.1. The molecule has 3 N–H and O–H groups in total. The van der Waals surface area contributed by atoms with E-state index < -0.39 is 11.8 Å². The number of primary amides is 1. The van der Waals surface area contributed by atoms with Crippen LogP contribution in [0.4, 0.5) is 5.69 Å². The highest BCUT2D eigenvalue weighted by atomic mass is 32.1. The standard InChI is InChI=1S/C20H16N6O3S/c21-8-13-3-4-14(18(6-13)26(12-27)10-15-2-1-5-30-15)9-23-20(29)17-7-16(19(22)28)24-11-25-17/h1-7,11-12H,9-10H2,(H2,22,28)(H,23,29). The second kappa shape index (κ2) is 9.40. The van der Waals surface area contributed by atoms with E-state index in [1.54, 1.807) is 18.2 Å². The summed E-state index contributed by atoms with van der Waals surface area (Å²) >= 11 is 1.51. The van der Waals surface area contributed by atoms with Crippen molar-refractivity contribution in [1.82, 2.24) is 15.3 Å². The summed E-state index contributed by atoms with van der Waals surface area (Å²) in [6, 6.07) is 11.9. The lowest BCUT2D eigenvalue weighted by Gasteiger charge is -2.21. The minimum Gasteiger partial charge on any atom is -0.364 e. The smallest absolute Gasteiger partial charge is 0.270 e. The van der Waals surface area contributed by atoms with Crippen LogP contribution < -0.4 is 16.0 Å². The quantitative estimate of drug-likeness (QED) is 0.530. The van der Waals surface area contributed by atoms with Crippen molar-refractivity contribution in [3.63, 3.8) is 0 Å². The van der Waals surface area contributed by atoms with Crippen molar-refractivity contribution in [3.8, 4) is 6.07 Å². The summed E-state index contributed by atoms with van der Waals surface area (Å²) in [5.41, 5.74) is 6.62. The van der Waals surface area contributed by atoms with Crippen LogP contribution in [0.2, 0.25) is 0 Å². The SMILES string of the molecule is N#Cc1ccc(CNC(=O)c2cc(C(N)=O)ncn2)c(N(C=O)Cc2cccs2)c1. The van der Waals surface area contributed by atoms with E-state index >= 15 is 0 Å². The molecule has 30 heavy (non-hydrogen) atoms. The highest BCUT2D eigenvalue weighted by Crippen LogP contribution is 2.24. The second-order valence-corrected chi connectivity index (χ2v) is 7.14. The molecule has 0 radical (unpaired) electrons. The van der Waals surface area contributed by atoms with Gasteiger partial charge in [0, 0.05) is 17.5 Å². The molecule has 2 heterocycles. The van der Waals surface area contributed by atoms with Crippen molar-refractivity contribution >= 4 is 35.2 Å². The van der Waals surface area contributed by atoms with E-state index in [9.17, 15) is 19.6 Å². The molecule has 3 amide bonds. The fourth-order valence-corrected chi connectivity index (χ4v) is 3.38. The third-order valence-corrected chi connectivity index (χ3v) is 5.01. The molecule has 0 bridgehead atoms. The van der Waals surface area contributed by atoms with Crippen LogP contribution in [-0.4, -0.2) is 28.2 Å². The van der Waals surface area contributed by atoms with Gasteiger partial charge in [0.15, 0.2) is 0 Å². The Kier molecular flexibility index (Phi) is 6.46. The van der Waals surface area contributed by atoms with Gasteiger partial charge >= 0.3 is 0 Å². The zero-order chi connectivity index (χ0) is 21.5. The number of nitrogens with one attached hydrogen (secondary N) is 1. The highest BCUT2D eigenvalue weighted by molar-refractivity contribution is 7.09. The maximum atomic E-state index is 12.4. The molecule has 150 valence electrons. The van der Waals surface area contributed by atoms with Crippen LogP contribution in [0.5, 0.6) is 0 Å². The number of nitriles is 1. The third kappa shape index (κ3) is 4.84. The largest absolute Gasteiger partial charge is 0.364 e. The lowest BCUT2D eigenvalue weighted by molar-refractivity contribution is -0.107. The molecular formula is C20H16N6O3S. The first-order valence-electron chi connectivity index (χ1n) is 8.69. The summed E-state index contributed by atoms with van der Waals surface area (Å²) in [5.74, 6) is -1.30. The number of aromatic nitrogens is 2. The molecule has 3 rings (SSSR count). The Morgan fingerprint density at radius 2 is 2.03 bits per heavy atom. The lowest BCUT2D eigenvalue weighted by Crippen LogP contribution is -2.27. The number of hydrogen-bond acceptors (Lipinski definition) is 7. The van der Waals surface area contributed by atoms with Gasteiger partial charge in [-0.05, 0) is 29.1 Å². The van der Waals surface area contributed by atoms with Crippen LogP contribution >= 0.6 is 11.3 Å². The number of thiophene rings is 1. The van der Waals surface area contributed by atoms with Gasteiger partial charge in [0.1, 0.15) is 17.7 Å². The van der Waals surface area contributed by atoms with Crippen molar-refractivity contribution in [1.29, 1.82) is 5.26 Å². The number of hydrogen-bond donors (Lipinski definition) is 2. The van der Waals surface area contributed by atoms with Crippen LogP contribution in [0.15, 0.2) is 48.1 Å². The fourth-order valence-electron chi connectivity index (χ4n) is 2.68. The average Bonchev–Trinajstić information content (AvgIpc) is 3.29. The zero-order valence-electron chi connectivity index (χ0n) is 15.6. The topological polar surface area (TPSA) is 142 Å². The molecule has 0 saturated heterocycles. The summed E-state index contributed by atoms with van der Waals surface area (Å²) < 4.78 is 0. The first kappa shape index (κ1) is 20.6. The van der Waals surface area contributed by atoms with E-state index in [4.69, 9.17) is 5.73 Å². The van der Waals surface area contributed by atoms with E-state index in [1.165, 1.54) is 22.3 Å². The van der Waals surface area contributed by atoms with Crippen molar-refractivity contribution in [2.24, 2.45) is 5.73 Å². The Labute approximate surface area is 175 Å². The molecule has 0 atom stereocenters. The van der Waals surface area contributed by atoms with Gasteiger partial charge in [-0.2, -0.15) is 5.26 Å². The highest BCUT2D eigenvalue weighted by Gasteiger charge is 2.16. The molecule has 0 spiro atoms. The van der Waals surface area contributed by atoms with E-state index in [0.29, 0.717) is 29.8 Å². The number of rotatable bonds is 8. The van der Waals surface area contributed by atoms with Gasteiger partial charge in [-0.25, -0.2) is 9.97 Å². The number of anilines is 1. The van der Waals surface area contributed by atoms with E-state index in [0.717, 1.165) is 11.2 Å². The maximum absolute atomic E-state index is 12.4. The van der Waals surface area contributed by atoms with Crippen LogP contribution in [0.1, 0.15) is 37.0 Å². The molecule has 0 aliphatic carbocycles. The number of nitrogens with zero attached hydrogens (tertiary/aromatic N) is 4. The molecule has 10 heteroatoms. The molecule has 0 aliphatic rings. The summed E-state index contributed by atoms with van der Waals surface area (Å²) in [5, 5.41) is 13.8. The molecule has 3 aromatic rings. The summed E-state index contributed by atoms with van der Waals surface area (Å²) in [4.78, 5) is 45.4. The van der Waals surface area contributed by atoms with Gasteiger partial charge in [-0.3, -0.25) is 14.4 Å². The number of amides is 3. The number of nitrogens with two attached hydrogens (primary N) is 1. The van der Waals surface area contributed by atoms with E-state index in [2.05, 4.69) is 21.4 Å². The van der Waals surface area contributed by atoms with Gasteiger partial charge in [-0.1, -0.05) is 12.1 Å². The predicted molar refractivity (Wildman–Crippen MR) is 109 cm³/mol. The number of benzene rings is 1. The first-order chi connectivity index (χ1) is 14.5. The van der Waals surface area contributed by atoms with Crippen molar-refractivity contribution in [3.05, 3.63) is 75.5 Å². The Hall–Kier alpha value is -4.10. The molecule has 0 fully saturated rings. The van der Waals surface area contributed by atoms with E-state index in [-0.39, 0.29) is 17.9 Å². The summed E-state index contributed by atoms with van der Waals surface area (Å²) in [6.45, 7) is 0.412. The van der Waals surface area contributed by atoms with Crippen LogP contribution in [0.25, 0.3) is 0 Å². The molecule has 9 nitrogen and oxygen atoms in total. The van der Waals surface area contributed by atoms with Crippen molar-refractivity contribution in [2.45, 2.75) is 13.1 Å². The second-order valence-electron chi connectivity index (χ2n) is 6.10. The molecule has 0 saturated carbocycles.